The highest BCUT2D eigenvalue weighted by Gasteiger charge is 2.20. The molecule has 1 N–H and O–H groups in total. The van der Waals surface area contributed by atoms with Crippen molar-refractivity contribution in [1.29, 1.82) is 0 Å². The molecule has 0 unspecified atom stereocenters. The van der Waals surface area contributed by atoms with Gasteiger partial charge in [-0.1, -0.05) is 29.8 Å². The molecule has 0 saturated carbocycles. The normalized spacial score (nSPS) is 11.4. The summed E-state index contributed by atoms with van der Waals surface area (Å²) < 4.78 is 19.2. The molecule has 1 aromatic carbocycles. The standard InChI is InChI=1S/C14H19BrFNO2/c1-14(2,6-7-19-3)9-17-13(18)11-8-10(15)4-5-12(11)16/h4-5,8H,6-7,9H2,1-3H3,(H,17,18). The van der Waals surface area contributed by atoms with Crippen molar-refractivity contribution in [2.75, 3.05) is 20.3 Å². The van der Waals surface area contributed by atoms with E-state index in [4.69, 9.17) is 4.74 Å². The number of ether oxygens (including phenoxy) is 1. The van der Waals surface area contributed by atoms with Crippen molar-refractivity contribution in [2.45, 2.75) is 20.3 Å². The SMILES string of the molecule is COCCC(C)(C)CNC(=O)c1cc(Br)ccc1F. The largest absolute Gasteiger partial charge is 0.385 e. The van der Waals surface area contributed by atoms with Gasteiger partial charge in [-0.15, -0.1) is 0 Å². The van der Waals surface area contributed by atoms with E-state index >= 15 is 0 Å². The van der Waals surface area contributed by atoms with Crippen LogP contribution in [0.25, 0.3) is 0 Å². The lowest BCUT2D eigenvalue weighted by molar-refractivity contribution is 0.0917. The predicted octanol–water partition coefficient (Wildman–Crippen LogP) is 3.38. The Balaban J connectivity index is 2.62. The smallest absolute Gasteiger partial charge is 0.254 e. The van der Waals surface area contributed by atoms with Gasteiger partial charge in [0.15, 0.2) is 0 Å². The van der Waals surface area contributed by atoms with E-state index in [0.29, 0.717) is 17.6 Å². The van der Waals surface area contributed by atoms with Gasteiger partial charge in [-0.05, 0) is 30.0 Å². The van der Waals surface area contributed by atoms with Crippen molar-refractivity contribution in [2.24, 2.45) is 5.41 Å². The maximum atomic E-state index is 13.5. The molecule has 0 aliphatic heterocycles. The second-order valence-electron chi connectivity index (χ2n) is 5.21. The van der Waals surface area contributed by atoms with Gasteiger partial charge in [0.25, 0.3) is 5.91 Å². The summed E-state index contributed by atoms with van der Waals surface area (Å²) in [5.74, 6) is -0.917. The van der Waals surface area contributed by atoms with Gasteiger partial charge in [0.05, 0.1) is 5.56 Å². The number of rotatable bonds is 6. The van der Waals surface area contributed by atoms with Crippen LogP contribution < -0.4 is 5.32 Å². The first-order valence-corrected chi connectivity index (χ1v) is 6.87. The maximum absolute atomic E-state index is 13.5. The van der Waals surface area contributed by atoms with Crippen LogP contribution in [0.5, 0.6) is 0 Å². The van der Waals surface area contributed by atoms with E-state index in [1.807, 2.05) is 13.8 Å². The van der Waals surface area contributed by atoms with E-state index in [-0.39, 0.29) is 11.0 Å². The Bertz CT molecular complexity index is 449. The average molecular weight is 332 g/mol. The maximum Gasteiger partial charge on any atom is 0.254 e. The number of carbonyl (C=O) groups excluding carboxylic acids is 1. The van der Waals surface area contributed by atoms with Gasteiger partial charge in [-0.3, -0.25) is 4.79 Å². The van der Waals surface area contributed by atoms with E-state index in [0.717, 1.165) is 6.42 Å². The monoisotopic (exact) mass is 331 g/mol. The first kappa shape index (κ1) is 16.1. The molecular weight excluding hydrogens is 313 g/mol. The Hall–Kier alpha value is -0.940. The molecule has 106 valence electrons. The zero-order chi connectivity index (χ0) is 14.5. The summed E-state index contributed by atoms with van der Waals surface area (Å²) in [5.41, 5.74) is -0.0364. The topological polar surface area (TPSA) is 38.3 Å². The van der Waals surface area contributed by atoms with E-state index in [1.54, 1.807) is 13.2 Å². The van der Waals surface area contributed by atoms with Crippen LogP contribution in [0.4, 0.5) is 4.39 Å². The number of hydrogen-bond donors (Lipinski definition) is 1. The highest BCUT2D eigenvalue weighted by molar-refractivity contribution is 9.10. The molecule has 0 radical (unpaired) electrons. The molecule has 0 fully saturated rings. The highest BCUT2D eigenvalue weighted by Crippen LogP contribution is 2.20. The Morgan fingerprint density at radius 1 is 1.47 bits per heavy atom. The Morgan fingerprint density at radius 2 is 2.16 bits per heavy atom. The summed E-state index contributed by atoms with van der Waals surface area (Å²) in [7, 11) is 1.64. The molecular formula is C14H19BrFNO2. The van der Waals surface area contributed by atoms with E-state index < -0.39 is 11.7 Å². The molecule has 1 amide bonds. The lowest BCUT2D eigenvalue weighted by Crippen LogP contribution is -2.35. The van der Waals surface area contributed by atoms with Gasteiger partial charge in [0.1, 0.15) is 5.82 Å². The molecule has 0 aliphatic rings. The van der Waals surface area contributed by atoms with Crippen molar-refractivity contribution in [3.63, 3.8) is 0 Å². The first-order valence-electron chi connectivity index (χ1n) is 6.08. The summed E-state index contributed by atoms with van der Waals surface area (Å²) >= 11 is 3.23. The molecule has 0 aliphatic carbocycles. The van der Waals surface area contributed by atoms with Gasteiger partial charge in [-0.25, -0.2) is 4.39 Å². The highest BCUT2D eigenvalue weighted by atomic mass is 79.9. The fourth-order valence-corrected chi connectivity index (χ4v) is 1.91. The number of hydrogen-bond acceptors (Lipinski definition) is 2. The quantitative estimate of drug-likeness (QED) is 0.867. The van der Waals surface area contributed by atoms with Crippen LogP contribution in [0, 0.1) is 11.2 Å². The summed E-state index contributed by atoms with van der Waals surface area (Å²) in [4.78, 5) is 11.9. The number of methoxy groups -OCH3 is 1. The van der Waals surface area contributed by atoms with Crippen LogP contribution >= 0.6 is 15.9 Å². The zero-order valence-corrected chi connectivity index (χ0v) is 13.0. The van der Waals surface area contributed by atoms with E-state index in [9.17, 15) is 9.18 Å². The van der Waals surface area contributed by atoms with Crippen LogP contribution in [0.15, 0.2) is 22.7 Å². The van der Waals surface area contributed by atoms with Crippen molar-refractivity contribution < 1.29 is 13.9 Å². The molecule has 3 nitrogen and oxygen atoms in total. The van der Waals surface area contributed by atoms with Crippen LogP contribution in [0.1, 0.15) is 30.6 Å². The third-order valence-corrected chi connectivity index (χ3v) is 3.38. The fraction of sp³-hybridized carbons (Fsp3) is 0.500. The van der Waals surface area contributed by atoms with Crippen molar-refractivity contribution >= 4 is 21.8 Å². The minimum atomic E-state index is -0.518. The third-order valence-electron chi connectivity index (χ3n) is 2.88. The minimum Gasteiger partial charge on any atom is -0.385 e. The second-order valence-corrected chi connectivity index (χ2v) is 6.13. The van der Waals surface area contributed by atoms with Crippen molar-refractivity contribution in [3.05, 3.63) is 34.1 Å². The first-order chi connectivity index (χ1) is 8.85. The molecule has 0 saturated heterocycles. The number of nitrogens with one attached hydrogen (secondary N) is 1. The van der Waals surface area contributed by atoms with Crippen LogP contribution in [-0.2, 0) is 4.74 Å². The number of amides is 1. The lowest BCUT2D eigenvalue weighted by atomic mass is 9.89. The average Bonchev–Trinajstić information content (AvgIpc) is 2.36. The summed E-state index contributed by atoms with van der Waals surface area (Å²) in [6.45, 7) is 5.17. The Labute approximate surface area is 121 Å². The fourth-order valence-electron chi connectivity index (χ4n) is 1.55. The number of halogens is 2. The number of benzene rings is 1. The van der Waals surface area contributed by atoms with Gasteiger partial charge in [0, 0.05) is 24.7 Å². The van der Waals surface area contributed by atoms with Gasteiger partial charge < -0.3 is 10.1 Å². The van der Waals surface area contributed by atoms with Crippen molar-refractivity contribution in [3.8, 4) is 0 Å². The molecule has 19 heavy (non-hydrogen) atoms. The summed E-state index contributed by atoms with van der Waals surface area (Å²) in [6.07, 6.45) is 0.824. The lowest BCUT2D eigenvalue weighted by Gasteiger charge is -2.24. The molecule has 0 heterocycles. The third kappa shape index (κ3) is 5.28. The van der Waals surface area contributed by atoms with Crippen molar-refractivity contribution in [1.82, 2.24) is 5.32 Å². The second kappa shape index (κ2) is 7.01. The van der Waals surface area contributed by atoms with Gasteiger partial charge >= 0.3 is 0 Å². The van der Waals surface area contributed by atoms with Gasteiger partial charge in [0.2, 0.25) is 0 Å². The summed E-state index contributed by atoms with van der Waals surface area (Å²) in [5, 5.41) is 2.76. The molecule has 1 rings (SSSR count). The number of carbonyl (C=O) groups is 1. The molecule has 0 aromatic heterocycles. The van der Waals surface area contributed by atoms with E-state index in [2.05, 4.69) is 21.2 Å². The zero-order valence-electron chi connectivity index (χ0n) is 11.4. The van der Waals surface area contributed by atoms with Crippen LogP contribution in [0.3, 0.4) is 0 Å². The molecule has 5 heteroatoms. The molecule has 0 bridgehead atoms. The van der Waals surface area contributed by atoms with E-state index in [1.165, 1.54) is 12.1 Å². The Kier molecular flexibility index (Phi) is 5.94. The minimum absolute atomic E-state index is 0.0527. The molecule has 0 atom stereocenters. The van der Waals surface area contributed by atoms with Gasteiger partial charge in [-0.2, -0.15) is 0 Å². The molecule has 0 spiro atoms. The summed E-state index contributed by atoms with van der Waals surface area (Å²) in [6, 6.07) is 4.32. The van der Waals surface area contributed by atoms with Crippen LogP contribution in [0.2, 0.25) is 0 Å². The molecule has 1 aromatic rings. The predicted molar refractivity (Wildman–Crippen MR) is 76.7 cm³/mol. The Morgan fingerprint density at radius 3 is 2.79 bits per heavy atom. The van der Waals surface area contributed by atoms with Crippen LogP contribution in [-0.4, -0.2) is 26.2 Å².